The van der Waals surface area contributed by atoms with E-state index in [4.69, 9.17) is 21.3 Å². The number of carbonyl (C=O) groups is 1. The zero-order chi connectivity index (χ0) is 19.7. The number of para-hydroxylation sites is 2. The fourth-order valence-corrected chi connectivity index (χ4v) is 3.67. The molecule has 0 bridgehead atoms. The van der Waals surface area contributed by atoms with Crippen LogP contribution < -0.4 is 15.0 Å². The third kappa shape index (κ3) is 3.45. The Balaban J connectivity index is 1.43. The molecular weight excluding hydrogens is 378 g/mol. The summed E-state index contributed by atoms with van der Waals surface area (Å²) in [6, 6.07) is 13.1. The second-order valence-electron chi connectivity index (χ2n) is 6.71. The molecule has 0 atom stereocenters. The molecular formula is C20H22ClN5O2. The summed E-state index contributed by atoms with van der Waals surface area (Å²) >= 11 is 6.04. The highest BCUT2D eigenvalue weighted by Gasteiger charge is 2.24. The van der Waals surface area contributed by atoms with Crippen LogP contribution in [-0.4, -0.2) is 53.8 Å². The number of halogens is 1. The minimum atomic E-state index is -0.162. The van der Waals surface area contributed by atoms with Crippen LogP contribution in [0.1, 0.15) is 0 Å². The van der Waals surface area contributed by atoms with E-state index < -0.39 is 0 Å². The maximum absolute atomic E-state index is 12.7. The molecule has 28 heavy (non-hydrogen) atoms. The number of amides is 2. The van der Waals surface area contributed by atoms with Crippen molar-refractivity contribution in [2.45, 2.75) is 0 Å². The van der Waals surface area contributed by atoms with Gasteiger partial charge in [-0.05, 0) is 30.3 Å². The van der Waals surface area contributed by atoms with Crippen LogP contribution in [0.3, 0.4) is 0 Å². The number of imidazole rings is 1. The van der Waals surface area contributed by atoms with Crippen LogP contribution >= 0.6 is 11.6 Å². The number of aryl methyl sites for hydroxylation is 1. The van der Waals surface area contributed by atoms with Gasteiger partial charge in [0.25, 0.3) is 0 Å². The minimum Gasteiger partial charge on any atom is -0.495 e. The fraction of sp³-hybridized carbons (Fsp3) is 0.300. The van der Waals surface area contributed by atoms with Crippen molar-refractivity contribution in [2.75, 3.05) is 43.5 Å². The average molecular weight is 400 g/mol. The number of fused-ring (bicyclic) bond motifs is 1. The molecule has 1 N–H and O–H groups in total. The zero-order valence-electron chi connectivity index (χ0n) is 15.9. The molecule has 7 nitrogen and oxygen atoms in total. The minimum absolute atomic E-state index is 0.162. The lowest BCUT2D eigenvalue weighted by molar-refractivity contribution is 0.207. The van der Waals surface area contributed by atoms with Crippen molar-refractivity contribution >= 4 is 40.3 Å². The highest BCUT2D eigenvalue weighted by molar-refractivity contribution is 6.31. The molecule has 0 unspecified atom stereocenters. The van der Waals surface area contributed by atoms with Crippen molar-refractivity contribution in [3.63, 3.8) is 0 Å². The molecule has 1 saturated heterocycles. The molecule has 0 saturated carbocycles. The molecule has 146 valence electrons. The number of nitrogens with zero attached hydrogens (tertiary/aromatic N) is 4. The summed E-state index contributed by atoms with van der Waals surface area (Å²) < 4.78 is 7.39. The van der Waals surface area contributed by atoms with Gasteiger partial charge in [0.05, 0.1) is 23.8 Å². The maximum Gasteiger partial charge on any atom is 0.322 e. The van der Waals surface area contributed by atoms with Gasteiger partial charge >= 0.3 is 6.03 Å². The Morgan fingerprint density at radius 2 is 1.89 bits per heavy atom. The molecule has 0 spiro atoms. The van der Waals surface area contributed by atoms with Crippen molar-refractivity contribution in [1.82, 2.24) is 14.5 Å². The third-order valence-electron chi connectivity index (χ3n) is 5.02. The molecule has 0 radical (unpaired) electrons. The highest BCUT2D eigenvalue weighted by atomic mass is 35.5. The lowest BCUT2D eigenvalue weighted by Crippen LogP contribution is -2.50. The number of benzene rings is 2. The Morgan fingerprint density at radius 3 is 2.61 bits per heavy atom. The first kappa shape index (κ1) is 18.4. The summed E-state index contributed by atoms with van der Waals surface area (Å²) in [6.07, 6.45) is 0. The van der Waals surface area contributed by atoms with Crippen molar-refractivity contribution in [1.29, 1.82) is 0 Å². The lowest BCUT2D eigenvalue weighted by Gasteiger charge is -2.35. The van der Waals surface area contributed by atoms with Gasteiger partial charge in [-0.15, -0.1) is 0 Å². The zero-order valence-corrected chi connectivity index (χ0v) is 16.6. The maximum atomic E-state index is 12.7. The summed E-state index contributed by atoms with van der Waals surface area (Å²) in [5.74, 6) is 1.51. The third-order valence-corrected chi connectivity index (χ3v) is 5.25. The fourth-order valence-electron chi connectivity index (χ4n) is 3.50. The van der Waals surface area contributed by atoms with Crippen molar-refractivity contribution in [3.8, 4) is 5.75 Å². The van der Waals surface area contributed by atoms with Gasteiger partial charge < -0.3 is 24.4 Å². The quantitative estimate of drug-likeness (QED) is 0.731. The molecule has 0 aliphatic carbocycles. The van der Waals surface area contributed by atoms with Gasteiger partial charge in [0, 0.05) is 38.2 Å². The molecule has 1 aliphatic heterocycles. The van der Waals surface area contributed by atoms with Crippen LogP contribution in [0.2, 0.25) is 5.02 Å². The predicted octanol–water partition coefficient (Wildman–Crippen LogP) is 3.59. The number of aromatic nitrogens is 2. The van der Waals surface area contributed by atoms with E-state index in [9.17, 15) is 4.79 Å². The molecule has 8 heteroatoms. The number of ether oxygens (including phenoxy) is 1. The van der Waals surface area contributed by atoms with E-state index in [1.54, 1.807) is 30.2 Å². The predicted molar refractivity (Wildman–Crippen MR) is 112 cm³/mol. The molecule has 2 amide bonds. The number of hydrogen-bond donors (Lipinski definition) is 1. The summed E-state index contributed by atoms with van der Waals surface area (Å²) in [6.45, 7) is 2.66. The molecule has 2 heterocycles. The highest BCUT2D eigenvalue weighted by Crippen LogP contribution is 2.28. The first-order chi connectivity index (χ1) is 13.6. The lowest BCUT2D eigenvalue weighted by atomic mass is 10.3. The summed E-state index contributed by atoms with van der Waals surface area (Å²) in [7, 11) is 3.59. The number of piperazine rings is 1. The Hall–Kier alpha value is -2.93. The van der Waals surface area contributed by atoms with E-state index in [2.05, 4.69) is 20.9 Å². The van der Waals surface area contributed by atoms with Gasteiger partial charge in [-0.1, -0.05) is 23.7 Å². The van der Waals surface area contributed by atoms with Crippen molar-refractivity contribution in [3.05, 3.63) is 47.5 Å². The molecule has 4 rings (SSSR count). The van der Waals surface area contributed by atoms with E-state index in [1.165, 1.54) is 0 Å². The van der Waals surface area contributed by atoms with E-state index >= 15 is 0 Å². The number of anilines is 2. The molecule has 1 aromatic heterocycles. The van der Waals surface area contributed by atoms with Crippen LogP contribution in [-0.2, 0) is 7.05 Å². The number of rotatable bonds is 3. The first-order valence-corrected chi connectivity index (χ1v) is 9.50. The topological polar surface area (TPSA) is 62.6 Å². The smallest absolute Gasteiger partial charge is 0.322 e. The average Bonchev–Trinajstić information content (AvgIpc) is 3.05. The van der Waals surface area contributed by atoms with Crippen molar-refractivity contribution < 1.29 is 9.53 Å². The second-order valence-corrected chi connectivity index (χ2v) is 7.14. The first-order valence-electron chi connectivity index (χ1n) is 9.12. The van der Waals surface area contributed by atoms with Gasteiger partial charge in [0.15, 0.2) is 0 Å². The van der Waals surface area contributed by atoms with Gasteiger partial charge in [0.2, 0.25) is 5.95 Å². The van der Waals surface area contributed by atoms with E-state index in [1.807, 2.05) is 25.2 Å². The van der Waals surface area contributed by atoms with Gasteiger partial charge in [-0.3, -0.25) is 0 Å². The Labute approximate surface area is 168 Å². The van der Waals surface area contributed by atoms with Crippen molar-refractivity contribution in [2.24, 2.45) is 7.05 Å². The second kappa shape index (κ2) is 7.59. The standard InChI is InChI=1S/C20H22ClN5O2/c1-24-17-6-4-3-5-15(17)22-19(24)25-9-11-26(12-10-25)20(27)23-16-13-14(21)7-8-18(16)28-2/h3-8,13H,9-12H2,1-2H3,(H,23,27). The van der Waals surface area contributed by atoms with Gasteiger partial charge in [0.1, 0.15) is 5.75 Å². The number of hydrogen-bond acceptors (Lipinski definition) is 4. The van der Waals surface area contributed by atoms with Gasteiger partial charge in [-0.25, -0.2) is 9.78 Å². The van der Waals surface area contributed by atoms with E-state index in [-0.39, 0.29) is 6.03 Å². The summed E-state index contributed by atoms with van der Waals surface area (Å²) in [5, 5.41) is 3.44. The van der Waals surface area contributed by atoms with Crippen LogP contribution in [0.25, 0.3) is 11.0 Å². The van der Waals surface area contributed by atoms with Gasteiger partial charge in [-0.2, -0.15) is 0 Å². The van der Waals surface area contributed by atoms with Crippen LogP contribution in [0.4, 0.5) is 16.4 Å². The Bertz CT molecular complexity index is 1010. The van der Waals surface area contributed by atoms with Crippen LogP contribution in [0, 0.1) is 0 Å². The number of methoxy groups -OCH3 is 1. The SMILES string of the molecule is COc1ccc(Cl)cc1NC(=O)N1CCN(c2nc3ccccc3n2C)CC1. The number of urea groups is 1. The van der Waals surface area contributed by atoms with E-state index in [0.717, 1.165) is 30.1 Å². The Kier molecular flexibility index (Phi) is 5.00. The summed E-state index contributed by atoms with van der Waals surface area (Å²) in [5.41, 5.74) is 2.65. The number of carbonyl (C=O) groups excluding carboxylic acids is 1. The normalized spacial score (nSPS) is 14.4. The molecule has 3 aromatic rings. The number of nitrogens with one attached hydrogen (secondary N) is 1. The Morgan fingerprint density at radius 1 is 1.14 bits per heavy atom. The summed E-state index contributed by atoms with van der Waals surface area (Å²) in [4.78, 5) is 21.4. The van der Waals surface area contributed by atoms with Crippen LogP contribution in [0.15, 0.2) is 42.5 Å². The largest absolute Gasteiger partial charge is 0.495 e. The molecule has 2 aromatic carbocycles. The molecule has 1 aliphatic rings. The van der Waals surface area contributed by atoms with Crippen LogP contribution in [0.5, 0.6) is 5.75 Å². The molecule has 1 fully saturated rings. The van der Waals surface area contributed by atoms with E-state index in [0.29, 0.717) is 29.5 Å². The monoisotopic (exact) mass is 399 g/mol.